The fourth-order valence-corrected chi connectivity index (χ4v) is 1.80. The van der Waals surface area contributed by atoms with E-state index in [1.165, 1.54) is 5.56 Å². The zero-order chi connectivity index (χ0) is 10.6. The van der Waals surface area contributed by atoms with E-state index in [-0.39, 0.29) is 5.92 Å². The topological polar surface area (TPSA) is 20.2 Å². The van der Waals surface area contributed by atoms with Gasteiger partial charge in [0.05, 0.1) is 6.10 Å². The van der Waals surface area contributed by atoms with Gasteiger partial charge < -0.3 is 5.11 Å². The van der Waals surface area contributed by atoms with Crippen molar-refractivity contribution in [3.8, 4) is 0 Å². The lowest BCUT2D eigenvalue weighted by atomic mass is 9.84. The molecule has 2 unspecified atom stereocenters. The summed E-state index contributed by atoms with van der Waals surface area (Å²) >= 11 is 0. The molecule has 2 atom stereocenters. The predicted octanol–water partition coefficient (Wildman–Crippen LogP) is 2.97. The van der Waals surface area contributed by atoms with Gasteiger partial charge in [-0.3, -0.25) is 0 Å². The van der Waals surface area contributed by atoms with E-state index in [1.54, 1.807) is 6.08 Å². The molecule has 1 heteroatoms. The van der Waals surface area contributed by atoms with Gasteiger partial charge in [-0.1, -0.05) is 50.3 Å². The molecule has 0 saturated carbocycles. The second-order valence-electron chi connectivity index (χ2n) is 3.91. The van der Waals surface area contributed by atoms with Crippen LogP contribution in [0.25, 0.3) is 0 Å². The molecule has 0 aromatic heterocycles. The highest BCUT2D eigenvalue weighted by molar-refractivity contribution is 5.22. The van der Waals surface area contributed by atoms with Crippen molar-refractivity contribution >= 4 is 0 Å². The van der Waals surface area contributed by atoms with Gasteiger partial charge in [0.15, 0.2) is 0 Å². The molecule has 0 fully saturated rings. The van der Waals surface area contributed by atoms with Crippen molar-refractivity contribution in [1.82, 2.24) is 0 Å². The van der Waals surface area contributed by atoms with Crippen LogP contribution >= 0.6 is 0 Å². The summed E-state index contributed by atoms with van der Waals surface area (Å²) in [5.41, 5.74) is 1.18. The molecule has 0 aliphatic rings. The van der Waals surface area contributed by atoms with Gasteiger partial charge in [-0.05, 0) is 11.5 Å². The summed E-state index contributed by atoms with van der Waals surface area (Å²) in [4.78, 5) is 0. The fourth-order valence-electron chi connectivity index (χ4n) is 1.80. The first kappa shape index (κ1) is 11.0. The van der Waals surface area contributed by atoms with Gasteiger partial charge in [-0.25, -0.2) is 0 Å². The second-order valence-corrected chi connectivity index (χ2v) is 3.91. The summed E-state index contributed by atoms with van der Waals surface area (Å²) in [5, 5.41) is 9.82. The monoisotopic (exact) mass is 190 g/mol. The van der Waals surface area contributed by atoms with Crippen LogP contribution in [0.1, 0.15) is 25.3 Å². The van der Waals surface area contributed by atoms with Gasteiger partial charge in [0.2, 0.25) is 0 Å². The standard InChI is InChI=1S/C13H18O/c1-4-12(14)13(10(2)3)11-8-6-5-7-9-11/h4-10,12-14H,1H2,2-3H3. The highest BCUT2D eigenvalue weighted by Crippen LogP contribution is 2.28. The molecule has 1 N–H and O–H groups in total. The Balaban J connectivity index is 2.94. The Morgan fingerprint density at radius 1 is 1.21 bits per heavy atom. The maximum Gasteiger partial charge on any atom is 0.0789 e. The SMILES string of the molecule is C=CC(O)C(c1ccccc1)C(C)C. The first-order valence-electron chi connectivity index (χ1n) is 5.02. The largest absolute Gasteiger partial charge is 0.388 e. The smallest absolute Gasteiger partial charge is 0.0789 e. The van der Waals surface area contributed by atoms with Crippen LogP contribution in [-0.2, 0) is 0 Å². The van der Waals surface area contributed by atoms with Crippen molar-refractivity contribution in [2.24, 2.45) is 5.92 Å². The molecule has 0 spiro atoms. The van der Waals surface area contributed by atoms with Gasteiger partial charge in [-0.2, -0.15) is 0 Å². The molecule has 0 bridgehead atoms. The molecular weight excluding hydrogens is 172 g/mol. The number of hydrogen-bond donors (Lipinski definition) is 1. The van der Waals surface area contributed by atoms with Gasteiger partial charge >= 0.3 is 0 Å². The van der Waals surface area contributed by atoms with E-state index in [4.69, 9.17) is 0 Å². The number of hydrogen-bond acceptors (Lipinski definition) is 1. The molecule has 1 aromatic carbocycles. The van der Waals surface area contributed by atoms with Crippen LogP contribution in [0.4, 0.5) is 0 Å². The predicted molar refractivity (Wildman–Crippen MR) is 60.2 cm³/mol. The molecule has 0 amide bonds. The highest BCUT2D eigenvalue weighted by Gasteiger charge is 2.21. The lowest BCUT2D eigenvalue weighted by molar-refractivity contribution is 0.166. The summed E-state index contributed by atoms with van der Waals surface area (Å²) in [6.07, 6.45) is 1.15. The Kier molecular flexibility index (Phi) is 3.90. The maximum absolute atomic E-state index is 9.82. The lowest BCUT2D eigenvalue weighted by Gasteiger charge is -2.24. The van der Waals surface area contributed by atoms with Crippen molar-refractivity contribution < 1.29 is 5.11 Å². The molecule has 0 saturated heterocycles. The van der Waals surface area contributed by atoms with Crippen LogP contribution in [0.15, 0.2) is 43.0 Å². The lowest BCUT2D eigenvalue weighted by Crippen LogP contribution is -2.20. The number of aliphatic hydroxyl groups excluding tert-OH is 1. The van der Waals surface area contributed by atoms with Gasteiger partial charge in [0.1, 0.15) is 0 Å². The van der Waals surface area contributed by atoms with Crippen molar-refractivity contribution in [2.75, 3.05) is 0 Å². The molecular formula is C13H18O. The summed E-state index contributed by atoms with van der Waals surface area (Å²) in [5.74, 6) is 0.555. The molecule has 0 aliphatic carbocycles. The van der Waals surface area contributed by atoms with E-state index in [1.807, 2.05) is 18.2 Å². The van der Waals surface area contributed by atoms with Crippen LogP contribution in [0.5, 0.6) is 0 Å². The molecule has 1 aromatic rings. The second kappa shape index (κ2) is 4.97. The molecule has 0 aliphatic heterocycles. The van der Waals surface area contributed by atoms with Crippen LogP contribution in [0.2, 0.25) is 0 Å². The highest BCUT2D eigenvalue weighted by atomic mass is 16.3. The number of benzene rings is 1. The first-order valence-corrected chi connectivity index (χ1v) is 5.02. The van der Waals surface area contributed by atoms with Crippen LogP contribution in [0, 0.1) is 5.92 Å². The molecule has 0 heterocycles. The Labute approximate surface area is 86.1 Å². The summed E-state index contributed by atoms with van der Waals surface area (Å²) in [6, 6.07) is 10.1. The van der Waals surface area contributed by atoms with Crippen molar-refractivity contribution in [3.05, 3.63) is 48.6 Å². The fraction of sp³-hybridized carbons (Fsp3) is 0.385. The molecule has 76 valence electrons. The summed E-state index contributed by atoms with van der Waals surface area (Å²) in [7, 11) is 0. The summed E-state index contributed by atoms with van der Waals surface area (Å²) < 4.78 is 0. The van der Waals surface area contributed by atoms with E-state index in [0.29, 0.717) is 5.92 Å². The Morgan fingerprint density at radius 3 is 2.21 bits per heavy atom. The van der Waals surface area contributed by atoms with Crippen molar-refractivity contribution in [1.29, 1.82) is 0 Å². The number of aliphatic hydroxyl groups is 1. The Morgan fingerprint density at radius 2 is 1.79 bits per heavy atom. The van der Waals surface area contributed by atoms with E-state index < -0.39 is 6.10 Å². The van der Waals surface area contributed by atoms with Crippen LogP contribution in [0.3, 0.4) is 0 Å². The van der Waals surface area contributed by atoms with Gasteiger partial charge in [0, 0.05) is 5.92 Å². The van der Waals surface area contributed by atoms with Gasteiger partial charge in [0.25, 0.3) is 0 Å². The molecule has 14 heavy (non-hydrogen) atoms. The zero-order valence-corrected chi connectivity index (χ0v) is 8.85. The van der Waals surface area contributed by atoms with E-state index in [9.17, 15) is 5.11 Å². The van der Waals surface area contributed by atoms with Crippen molar-refractivity contribution in [3.63, 3.8) is 0 Å². The Hall–Kier alpha value is -1.08. The Bertz CT molecular complexity index is 277. The average molecular weight is 190 g/mol. The van der Waals surface area contributed by atoms with Crippen molar-refractivity contribution in [2.45, 2.75) is 25.9 Å². The van der Waals surface area contributed by atoms with E-state index in [2.05, 4.69) is 32.6 Å². The van der Waals surface area contributed by atoms with E-state index in [0.717, 1.165) is 0 Å². The zero-order valence-electron chi connectivity index (χ0n) is 8.85. The van der Waals surface area contributed by atoms with Crippen LogP contribution < -0.4 is 0 Å². The minimum Gasteiger partial charge on any atom is -0.388 e. The first-order chi connectivity index (χ1) is 6.66. The minimum absolute atomic E-state index is 0.147. The average Bonchev–Trinajstić information content (AvgIpc) is 2.19. The third-order valence-electron chi connectivity index (χ3n) is 2.51. The minimum atomic E-state index is -0.461. The molecule has 1 nitrogen and oxygen atoms in total. The third kappa shape index (κ3) is 2.46. The van der Waals surface area contributed by atoms with E-state index >= 15 is 0 Å². The number of rotatable bonds is 4. The third-order valence-corrected chi connectivity index (χ3v) is 2.51. The molecule has 1 rings (SSSR count). The quantitative estimate of drug-likeness (QED) is 0.724. The van der Waals surface area contributed by atoms with Gasteiger partial charge in [-0.15, -0.1) is 6.58 Å². The molecule has 0 radical (unpaired) electrons. The maximum atomic E-state index is 9.82. The normalized spacial score (nSPS) is 15.1. The van der Waals surface area contributed by atoms with Crippen LogP contribution in [-0.4, -0.2) is 11.2 Å². The summed E-state index contributed by atoms with van der Waals surface area (Å²) in [6.45, 7) is 7.87.